The monoisotopic (exact) mass is 307 g/mol. The number of rotatable bonds is 6. The van der Waals surface area contributed by atoms with E-state index in [1.54, 1.807) is 11.3 Å². The highest BCUT2D eigenvalue weighted by Gasteiger charge is 2.23. The van der Waals surface area contributed by atoms with E-state index < -0.39 is 0 Å². The van der Waals surface area contributed by atoms with Gasteiger partial charge in [-0.2, -0.15) is 0 Å². The lowest BCUT2D eigenvalue weighted by Crippen LogP contribution is -2.20. The average Bonchev–Trinajstić information content (AvgIpc) is 3.17. The topological polar surface area (TPSA) is 21.3 Å². The van der Waals surface area contributed by atoms with Crippen LogP contribution in [0.2, 0.25) is 4.34 Å². The summed E-state index contributed by atoms with van der Waals surface area (Å²) in [4.78, 5) is 1.24. The third kappa shape index (κ3) is 3.35. The molecule has 0 amide bonds. The maximum atomic E-state index is 6.05. The van der Waals surface area contributed by atoms with E-state index in [9.17, 15) is 0 Å². The lowest BCUT2D eigenvalue weighted by molar-refractivity contribution is 0.303. The van der Waals surface area contributed by atoms with Crippen molar-refractivity contribution in [2.24, 2.45) is 0 Å². The van der Waals surface area contributed by atoms with E-state index in [4.69, 9.17) is 16.3 Å². The molecule has 0 bridgehead atoms. The van der Waals surface area contributed by atoms with Crippen LogP contribution in [-0.2, 0) is 0 Å². The van der Waals surface area contributed by atoms with Gasteiger partial charge in [-0.1, -0.05) is 30.7 Å². The molecule has 1 saturated carbocycles. The molecule has 0 aliphatic heterocycles. The van der Waals surface area contributed by atoms with Crippen LogP contribution in [0.25, 0.3) is 0 Å². The molecule has 1 aliphatic carbocycles. The molecule has 1 aliphatic rings. The molecule has 0 spiro atoms. The van der Waals surface area contributed by atoms with Gasteiger partial charge in [-0.25, -0.2) is 0 Å². The first-order valence-electron chi connectivity index (χ1n) is 7.01. The first-order valence-corrected chi connectivity index (χ1v) is 8.21. The quantitative estimate of drug-likeness (QED) is 0.839. The number of nitrogens with one attached hydrogen (secondary N) is 1. The first kappa shape index (κ1) is 13.9. The Morgan fingerprint density at radius 2 is 2.00 bits per heavy atom. The predicted molar refractivity (Wildman–Crippen MR) is 84.9 cm³/mol. The van der Waals surface area contributed by atoms with Crippen molar-refractivity contribution in [1.82, 2.24) is 5.32 Å². The van der Waals surface area contributed by atoms with E-state index in [1.165, 1.54) is 23.3 Å². The van der Waals surface area contributed by atoms with Gasteiger partial charge < -0.3 is 10.1 Å². The van der Waals surface area contributed by atoms with Gasteiger partial charge in [-0.05, 0) is 49.2 Å². The first-order chi connectivity index (χ1) is 9.76. The zero-order chi connectivity index (χ0) is 13.9. The van der Waals surface area contributed by atoms with Gasteiger partial charge >= 0.3 is 0 Å². The summed E-state index contributed by atoms with van der Waals surface area (Å²) < 4.78 is 6.62. The summed E-state index contributed by atoms with van der Waals surface area (Å²) in [6.07, 6.45) is 2.83. The molecule has 4 heteroatoms. The van der Waals surface area contributed by atoms with Crippen molar-refractivity contribution in [1.29, 1.82) is 0 Å². The van der Waals surface area contributed by atoms with Crippen LogP contribution >= 0.6 is 22.9 Å². The highest BCUT2D eigenvalue weighted by Crippen LogP contribution is 2.32. The summed E-state index contributed by atoms with van der Waals surface area (Å²) >= 11 is 7.68. The molecule has 2 aromatic rings. The Morgan fingerprint density at radius 1 is 1.25 bits per heavy atom. The van der Waals surface area contributed by atoms with Gasteiger partial charge in [0, 0.05) is 4.88 Å². The van der Waals surface area contributed by atoms with Crippen LogP contribution in [0, 0.1) is 0 Å². The smallest absolute Gasteiger partial charge is 0.119 e. The van der Waals surface area contributed by atoms with Gasteiger partial charge in [0.15, 0.2) is 0 Å². The second kappa shape index (κ2) is 6.17. The second-order valence-electron chi connectivity index (χ2n) is 5.02. The van der Waals surface area contributed by atoms with E-state index in [0.717, 1.165) is 16.6 Å². The fraction of sp³-hybridized carbons (Fsp3) is 0.375. The molecule has 0 saturated heterocycles. The Bertz CT molecular complexity index is 562. The minimum Gasteiger partial charge on any atom is -0.490 e. The van der Waals surface area contributed by atoms with Crippen LogP contribution in [0.15, 0.2) is 36.4 Å². The van der Waals surface area contributed by atoms with Gasteiger partial charge in [-0.3, -0.25) is 0 Å². The number of benzene rings is 1. The highest BCUT2D eigenvalue weighted by molar-refractivity contribution is 7.16. The summed E-state index contributed by atoms with van der Waals surface area (Å²) in [7, 11) is 0. The number of ether oxygens (including phenoxy) is 1. The fourth-order valence-electron chi connectivity index (χ4n) is 2.19. The van der Waals surface area contributed by atoms with Crippen LogP contribution < -0.4 is 10.1 Å². The maximum absolute atomic E-state index is 6.05. The van der Waals surface area contributed by atoms with E-state index in [1.807, 2.05) is 6.07 Å². The minimum atomic E-state index is 0.201. The van der Waals surface area contributed by atoms with Crippen molar-refractivity contribution in [2.75, 3.05) is 6.54 Å². The summed E-state index contributed by atoms with van der Waals surface area (Å²) in [6.45, 7) is 3.04. The Labute approximate surface area is 128 Å². The Kier molecular flexibility index (Phi) is 4.29. The number of thiophene rings is 1. The minimum absolute atomic E-state index is 0.201. The molecule has 1 N–H and O–H groups in total. The molecule has 1 aromatic heterocycles. The summed E-state index contributed by atoms with van der Waals surface area (Å²) in [5.74, 6) is 0.968. The number of hydrogen-bond donors (Lipinski definition) is 1. The largest absolute Gasteiger partial charge is 0.490 e. The molecular formula is C16H18ClNOS. The van der Waals surface area contributed by atoms with Crippen molar-refractivity contribution in [2.45, 2.75) is 31.9 Å². The highest BCUT2D eigenvalue weighted by atomic mass is 35.5. The summed E-state index contributed by atoms with van der Waals surface area (Å²) in [5, 5.41) is 3.51. The van der Waals surface area contributed by atoms with Gasteiger partial charge in [0.2, 0.25) is 0 Å². The van der Waals surface area contributed by atoms with Crippen LogP contribution in [0.4, 0.5) is 0 Å². The molecule has 1 atom stereocenters. The van der Waals surface area contributed by atoms with Crippen LogP contribution in [0.1, 0.15) is 36.2 Å². The Balaban J connectivity index is 1.79. The zero-order valence-corrected chi connectivity index (χ0v) is 13.0. The molecule has 1 unspecified atom stereocenters. The molecule has 0 radical (unpaired) electrons. The molecule has 1 fully saturated rings. The molecule has 1 heterocycles. The molecule has 2 nitrogen and oxygen atoms in total. The lowest BCUT2D eigenvalue weighted by Gasteiger charge is -2.17. The van der Waals surface area contributed by atoms with Crippen molar-refractivity contribution >= 4 is 22.9 Å². The average molecular weight is 308 g/mol. The number of halogens is 1. The van der Waals surface area contributed by atoms with Gasteiger partial charge in [-0.15, -0.1) is 11.3 Å². The Morgan fingerprint density at radius 3 is 2.55 bits per heavy atom. The number of hydrogen-bond acceptors (Lipinski definition) is 3. The van der Waals surface area contributed by atoms with Crippen LogP contribution in [-0.4, -0.2) is 12.6 Å². The molecule has 106 valence electrons. The molecule has 1 aromatic carbocycles. The van der Waals surface area contributed by atoms with Gasteiger partial charge in [0.1, 0.15) is 5.75 Å². The van der Waals surface area contributed by atoms with E-state index in [0.29, 0.717) is 6.10 Å². The molecular weight excluding hydrogens is 290 g/mol. The second-order valence-corrected chi connectivity index (χ2v) is 6.77. The third-order valence-corrected chi connectivity index (χ3v) is 4.62. The summed E-state index contributed by atoms with van der Waals surface area (Å²) in [5.41, 5.74) is 1.24. The van der Waals surface area contributed by atoms with Crippen molar-refractivity contribution in [3.05, 3.63) is 51.2 Å². The van der Waals surface area contributed by atoms with E-state index >= 15 is 0 Å². The zero-order valence-electron chi connectivity index (χ0n) is 11.4. The van der Waals surface area contributed by atoms with Crippen LogP contribution in [0.3, 0.4) is 0 Å². The van der Waals surface area contributed by atoms with E-state index in [-0.39, 0.29) is 6.04 Å². The predicted octanol–water partition coefficient (Wildman–Crippen LogP) is 4.64. The molecule has 3 rings (SSSR count). The van der Waals surface area contributed by atoms with E-state index in [2.05, 4.69) is 42.6 Å². The van der Waals surface area contributed by atoms with Crippen LogP contribution in [0.5, 0.6) is 5.75 Å². The lowest BCUT2D eigenvalue weighted by atomic mass is 10.1. The van der Waals surface area contributed by atoms with Crippen molar-refractivity contribution in [3.8, 4) is 5.75 Å². The van der Waals surface area contributed by atoms with Gasteiger partial charge in [0.05, 0.1) is 16.5 Å². The summed E-state index contributed by atoms with van der Waals surface area (Å²) in [6, 6.07) is 12.6. The fourth-order valence-corrected chi connectivity index (χ4v) is 3.35. The van der Waals surface area contributed by atoms with Crippen molar-refractivity contribution in [3.63, 3.8) is 0 Å². The molecule has 20 heavy (non-hydrogen) atoms. The standard InChI is InChI=1S/C16H18ClNOS/c1-2-18-16(14-9-10-15(17)20-14)11-3-5-12(6-4-11)19-13-7-8-13/h3-6,9-10,13,16,18H,2,7-8H2,1H3. The third-order valence-electron chi connectivity index (χ3n) is 3.33. The van der Waals surface area contributed by atoms with Gasteiger partial charge in [0.25, 0.3) is 0 Å². The Hall–Kier alpha value is -1.03. The van der Waals surface area contributed by atoms with Crippen molar-refractivity contribution < 1.29 is 4.74 Å². The SMILES string of the molecule is CCNC(c1ccc(OC2CC2)cc1)c1ccc(Cl)s1. The normalized spacial score (nSPS) is 16.1. The maximum Gasteiger partial charge on any atom is 0.119 e.